The van der Waals surface area contributed by atoms with Gasteiger partial charge in [-0.3, -0.25) is 4.79 Å². The standard InChI is InChI=1S/C12H10ClNO3/c1-8(15)14-6-2-3-9-4-5-10(12(16)17)11(13)7-9/h4-5,7H,6H2,1H3,(H,14,15)(H,16,17). The lowest BCUT2D eigenvalue weighted by Gasteiger charge is -1.98. The normalized spacial score (nSPS) is 9.06. The van der Waals surface area contributed by atoms with Crippen LogP contribution < -0.4 is 5.32 Å². The summed E-state index contributed by atoms with van der Waals surface area (Å²) in [5, 5.41) is 11.4. The predicted molar refractivity (Wildman–Crippen MR) is 64.0 cm³/mol. The second-order valence-corrected chi connectivity index (χ2v) is 3.62. The SMILES string of the molecule is CC(=O)NCC#Cc1ccc(C(=O)O)c(Cl)c1. The van der Waals surface area contributed by atoms with Gasteiger partial charge in [0.1, 0.15) is 0 Å². The maximum atomic E-state index is 10.7. The minimum absolute atomic E-state index is 0.0408. The lowest BCUT2D eigenvalue weighted by atomic mass is 10.1. The Hall–Kier alpha value is -1.99. The van der Waals surface area contributed by atoms with Crippen LogP contribution in [-0.2, 0) is 4.79 Å². The van der Waals surface area contributed by atoms with E-state index < -0.39 is 5.97 Å². The van der Waals surface area contributed by atoms with Crippen molar-refractivity contribution in [1.29, 1.82) is 0 Å². The quantitative estimate of drug-likeness (QED) is 0.784. The minimum atomic E-state index is -1.08. The van der Waals surface area contributed by atoms with E-state index in [2.05, 4.69) is 17.2 Å². The molecule has 0 radical (unpaired) electrons. The molecule has 2 N–H and O–H groups in total. The highest BCUT2D eigenvalue weighted by Crippen LogP contribution is 2.17. The number of hydrogen-bond acceptors (Lipinski definition) is 2. The third-order valence-corrected chi connectivity index (χ3v) is 2.17. The molecule has 88 valence electrons. The molecule has 0 heterocycles. The molecule has 0 aliphatic heterocycles. The Kier molecular flexibility index (Phi) is 4.56. The molecule has 1 aromatic carbocycles. The molecule has 0 aromatic heterocycles. The highest BCUT2D eigenvalue weighted by atomic mass is 35.5. The van der Waals surface area contributed by atoms with Gasteiger partial charge in [0.2, 0.25) is 5.91 Å². The Labute approximate surface area is 104 Å². The Morgan fingerprint density at radius 3 is 2.71 bits per heavy atom. The summed E-state index contributed by atoms with van der Waals surface area (Å²) in [6, 6.07) is 4.44. The number of aromatic carboxylic acids is 1. The van der Waals surface area contributed by atoms with E-state index in [1.807, 2.05) is 0 Å². The van der Waals surface area contributed by atoms with Crippen molar-refractivity contribution in [3.63, 3.8) is 0 Å². The fourth-order valence-electron chi connectivity index (χ4n) is 1.08. The molecular formula is C12H10ClNO3. The number of nitrogens with one attached hydrogen (secondary N) is 1. The van der Waals surface area contributed by atoms with Crippen molar-refractivity contribution in [2.24, 2.45) is 0 Å². The molecule has 0 fully saturated rings. The Morgan fingerprint density at radius 1 is 1.47 bits per heavy atom. The van der Waals surface area contributed by atoms with E-state index >= 15 is 0 Å². The van der Waals surface area contributed by atoms with Gasteiger partial charge in [-0.25, -0.2) is 4.79 Å². The van der Waals surface area contributed by atoms with Gasteiger partial charge in [0, 0.05) is 12.5 Å². The zero-order chi connectivity index (χ0) is 12.8. The van der Waals surface area contributed by atoms with Crippen LogP contribution in [0.15, 0.2) is 18.2 Å². The van der Waals surface area contributed by atoms with E-state index in [1.54, 1.807) is 6.07 Å². The van der Waals surface area contributed by atoms with Gasteiger partial charge in [0.15, 0.2) is 0 Å². The van der Waals surface area contributed by atoms with Crippen LogP contribution in [0.4, 0.5) is 0 Å². The van der Waals surface area contributed by atoms with Crippen molar-refractivity contribution in [2.75, 3.05) is 6.54 Å². The number of carboxylic acid groups (broad SMARTS) is 1. The lowest BCUT2D eigenvalue weighted by Crippen LogP contribution is -2.19. The fraction of sp³-hybridized carbons (Fsp3) is 0.167. The van der Waals surface area contributed by atoms with Gasteiger partial charge in [0.25, 0.3) is 0 Å². The number of carbonyl (C=O) groups excluding carboxylic acids is 1. The summed E-state index contributed by atoms with van der Waals surface area (Å²) in [5.41, 5.74) is 0.643. The lowest BCUT2D eigenvalue weighted by molar-refractivity contribution is -0.118. The topological polar surface area (TPSA) is 66.4 Å². The molecule has 1 amide bonds. The van der Waals surface area contributed by atoms with Crippen molar-refractivity contribution in [3.8, 4) is 11.8 Å². The first kappa shape index (κ1) is 13.1. The molecule has 0 unspecified atom stereocenters. The molecule has 1 aromatic rings. The summed E-state index contributed by atoms with van der Waals surface area (Å²) >= 11 is 5.77. The first-order chi connectivity index (χ1) is 8.00. The molecule has 0 atom stereocenters. The van der Waals surface area contributed by atoms with Crippen LogP contribution in [0.3, 0.4) is 0 Å². The zero-order valence-electron chi connectivity index (χ0n) is 9.08. The van der Waals surface area contributed by atoms with Crippen molar-refractivity contribution in [3.05, 3.63) is 34.3 Å². The maximum Gasteiger partial charge on any atom is 0.337 e. The predicted octanol–water partition coefficient (Wildman–Crippen LogP) is 1.53. The smallest absolute Gasteiger partial charge is 0.337 e. The Balaban J connectivity index is 2.77. The van der Waals surface area contributed by atoms with E-state index in [1.165, 1.54) is 19.1 Å². The molecule has 0 bridgehead atoms. The zero-order valence-corrected chi connectivity index (χ0v) is 9.84. The van der Waals surface area contributed by atoms with Crippen LogP contribution in [-0.4, -0.2) is 23.5 Å². The van der Waals surface area contributed by atoms with E-state index in [9.17, 15) is 9.59 Å². The molecule has 0 spiro atoms. The summed E-state index contributed by atoms with van der Waals surface area (Å²) in [6.07, 6.45) is 0. The van der Waals surface area contributed by atoms with Gasteiger partial charge in [-0.2, -0.15) is 0 Å². The fourth-order valence-corrected chi connectivity index (χ4v) is 1.34. The van der Waals surface area contributed by atoms with E-state index in [4.69, 9.17) is 16.7 Å². The number of carboxylic acids is 1. The molecule has 4 nitrogen and oxygen atoms in total. The molecule has 0 saturated carbocycles. The summed E-state index contributed by atoms with van der Waals surface area (Å²) < 4.78 is 0. The van der Waals surface area contributed by atoms with E-state index in [0.717, 1.165) is 0 Å². The molecule has 0 saturated heterocycles. The highest BCUT2D eigenvalue weighted by molar-refractivity contribution is 6.33. The van der Waals surface area contributed by atoms with Crippen LogP contribution in [0.25, 0.3) is 0 Å². The third kappa shape index (κ3) is 4.17. The van der Waals surface area contributed by atoms with Crippen molar-refractivity contribution >= 4 is 23.5 Å². The second kappa shape index (κ2) is 5.92. The van der Waals surface area contributed by atoms with Gasteiger partial charge in [0.05, 0.1) is 17.1 Å². The minimum Gasteiger partial charge on any atom is -0.478 e. The second-order valence-electron chi connectivity index (χ2n) is 3.21. The van der Waals surface area contributed by atoms with Crippen LogP contribution in [0.5, 0.6) is 0 Å². The summed E-state index contributed by atoms with van der Waals surface area (Å²) in [7, 11) is 0. The average molecular weight is 252 g/mol. The number of carbonyl (C=O) groups is 2. The number of amides is 1. The van der Waals surface area contributed by atoms with Crippen LogP contribution in [0.2, 0.25) is 5.02 Å². The maximum absolute atomic E-state index is 10.7. The summed E-state index contributed by atoms with van der Waals surface area (Å²) in [5.74, 6) is 4.26. The molecule has 0 aliphatic rings. The van der Waals surface area contributed by atoms with E-state index in [0.29, 0.717) is 5.56 Å². The Morgan fingerprint density at radius 2 is 2.18 bits per heavy atom. The molecule has 5 heteroatoms. The number of rotatable bonds is 2. The molecule has 0 aliphatic carbocycles. The first-order valence-electron chi connectivity index (χ1n) is 4.77. The average Bonchev–Trinajstić information content (AvgIpc) is 2.23. The number of halogens is 1. The van der Waals surface area contributed by atoms with E-state index in [-0.39, 0.29) is 23.0 Å². The summed E-state index contributed by atoms with van der Waals surface area (Å²) in [4.78, 5) is 21.3. The van der Waals surface area contributed by atoms with Gasteiger partial charge in [-0.05, 0) is 18.2 Å². The van der Waals surface area contributed by atoms with Crippen LogP contribution in [0, 0.1) is 11.8 Å². The molecule has 17 heavy (non-hydrogen) atoms. The Bertz CT molecular complexity index is 514. The molecular weight excluding hydrogens is 242 g/mol. The highest BCUT2D eigenvalue weighted by Gasteiger charge is 2.07. The van der Waals surface area contributed by atoms with Crippen LogP contribution >= 0.6 is 11.6 Å². The van der Waals surface area contributed by atoms with Crippen molar-refractivity contribution in [2.45, 2.75) is 6.92 Å². The summed E-state index contributed by atoms with van der Waals surface area (Å²) in [6.45, 7) is 1.65. The monoisotopic (exact) mass is 251 g/mol. The van der Waals surface area contributed by atoms with Crippen molar-refractivity contribution in [1.82, 2.24) is 5.32 Å². The van der Waals surface area contributed by atoms with Gasteiger partial charge < -0.3 is 10.4 Å². The largest absolute Gasteiger partial charge is 0.478 e. The number of hydrogen-bond donors (Lipinski definition) is 2. The van der Waals surface area contributed by atoms with Crippen LogP contribution in [0.1, 0.15) is 22.8 Å². The first-order valence-corrected chi connectivity index (χ1v) is 5.14. The van der Waals surface area contributed by atoms with Gasteiger partial charge >= 0.3 is 5.97 Å². The number of benzene rings is 1. The molecule has 1 rings (SSSR count). The van der Waals surface area contributed by atoms with Gasteiger partial charge in [-0.1, -0.05) is 23.4 Å². The van der Waals surface area contributed by atoms with Crippen molar-refractivity contribution < 1.29 is 14.7 Å². The third-order valence-electron chi connectivity index (χ3n) is 1.86. The van der Waals surface area contributed by atoms with Gasteiger partial charge in [-0.15, -0.1) is 0 Å².